The van der Waals surface area contributed by atoms with E-state index in [1.807, 2.05) is 13.8 Å². The Balaban J connectivity index is 2.96. The van der Waals surface area contributed by atoms with Crippen LogP contribution in [0, 0.1) is 11.8 Å². The molecule has 10 heteroatoms. The molecular weight excluding hydrogens is 452 g/mol. The van der Waals surface area contributed by atoms with Crippen LogP contribution in [-0.4, -0.2) is 66.8 Å². The quantitative estimate of drug-likeness (QED) is 0.281. The van der Waals surface area contributed by atoms with E-state index in [-0.39, 0.29) is 48.8 Å². The van der Waals surface area contributed by atoms with Crippen LogP contribution >= 0.6 is 0 Å². The number of ketones is 1. The third kappa shape index (κ3) is 11.7. The largest absolute Gasteiger partial charge is 0.460 e. The molecule has 0 aliphatic carbocycles. The fourth-order valence-electron chi connectivity index (χ4n) is 4.00. The molecule has 1 fully saturated rings. The van der Waals surface area contributed by atoms with E-state index in [1.54, 1.807) is 27.7 Å². The van der Waals surface area contributed by atoms with Crippen LogP contribution in [0.3, 0.4) is 0 Å². The molecule has 0 unspecified atom stereocenters. The molecule has 35 heavy (non-hydrogen) atoms. The first-order valence-electron chi connectivity index (χ1n) is 12.5. The van der Waals surface area contributed by atoms with Crippen LogP contribution in [0.4, 0.5) is 0 Å². The van der Waals surface area contributed by atoms with Gasteiger partial charge in [0.15, 0.2) is 5.78 Å². The van der Waals surface area contributed by atoms with E-state index in [2.05, 4.69) is 21.3 Å². The summed E-state index contributed by atoms with van der Waals surface area (Å²) in [6, 6.07) is -2.04. The highest BCUT2D eigenvalue weighted by atomic mass is 16.6. The molecule has 3 amide bonds. The first kappa shape index (κ1) is 30.5. The molecule has 0 radical (unpaired) electrons. The topological polar surface area (TPSA) is 143 Å². The Morgan fingerprint density at radius 1 is 1.03 bits per heavy atom. The van der Waals surface area contributed by atoms with Crippen molar-refractivity contribution < 1.29 is 28.7 Å². The summed E-state index contributed by atoms with van der Waals surface area (Å²) in [6.45, 7) is 11.5. The van der Waals surface area contributed by atoms with Crippen molar-refractivity contribution in [2.75, 3.05) is 13.6 Å². The van der Waals surface area contributed by atoms with Crippen LogP contribution < -0.4 is 21.3 Å². The third-order valence-electron chi connectivity index (χ3n) is 5.71. The monoisotopic (exact) mass is 496 g/mol. The van der Waals surface area contributed by atoms with Gasteiger partial charge in [-0.2, -0.15) is 0 Å². The highest BCUT2D eigenvalue weighted by Gasteiger charge is 2.32. The molecule has 0 aromatic rings. The molecule has 0 saturated carbocycles. The van der Waals surface area contributed by atoms with E-state index in [0.29, 0.717) is 12.8 Å². The summed E-state index contributed by atoms with van der Waals surface area (Å²) in [5.74, 6) is -2.33. The fourth-order valence-corrected chi connectivity index (χ4v) is 4.00. The summed E-state index contributed by atoms with van der Waals surface area (Å²) in [7, 11) is 1.48. The number of esters is 1. The number of amides is 3. The molecule has 0 spiro atoms. The fraction of sp³-hybridized carbons (Fsp3) is 0.800. The van der Waals surface area contributed by atoms with Crippen molar-refractivity contribution in [2.45, 2.75) is 104 Å². The summed E-state index contributed by atoms with van der Waals surface area (Å²) in [6.07, 6.45) is 1.91. The van der Waals surface area contributed by atoms with E-state index >= 15 is 0 Å². The SMILES string of the molecule is CNC(=O)[C@@H](C)NC(=O)[C@H](CC(=O)[C@@H](CCC(=O)OC(C)(C)C)NC(=O)[C@H]1CCCN1)CC(C)C. The van der Waals surface area contributed by atoms with Crippen molar-refractivity contribution >= 4 is 29.5 Å². The van der Waals surface area contributed by atoms with Crippen LogP contribution in [0.2, 0.25) is 0 Å². The molecule has 4 atom stereocenters. The van der Waals surface area contributed by atoms with Crippen molar-refractivity contribution in [3.63, 3.8) is 0 Å². The lowest BCUT2D eigenvalue weighted by Gasteiger charge is -2.25. The van der Waals surface area contributed by atoms with Gasteiger partial charge in [-0.25, -0.2) is 0 Å². The molecule has 1 rings (SSSR count). The zero-order chi connectivity index (χ0) is 26.8. The number of likely N-dealkylation sites (N-methyl/N-ethyl adjacent to an activating group) is 1. The number of nitrogens with one attached hydrogen (secondary N) is 4. The second-order valence-corrected chi connectivity index (χ2v) is 10.7. The van der Waals surface area contributed by atoms with Crippen LogP contribution in [0.15, 0.2) is 0 Å². The summed E-state index contributed by atoms with van der Waals surface area (Å²) < 4.78 is 5.34. The Labute approximate surface area is 209 Å². The summed E-state index contributed by atoms with van der Waals surface area (Å²) in [5.41, 5.74) is -0.657. The minimum atomic E-state index is -0.920. The van der Waals surface area contributed by atoms with Gasteiger partial charge >= 0.3 is 5.97 Å². The maximum absolute atomic E-state index is 13.3. The molecule has 1 saturated heterocycles. The van der Waals surface area contributed by atoms with Crippen LogP contribution in [0.1, 0.15) is 80.1 Å². The summed E-state index contributed by atoms with van der Waals surface area (Å²) in [4.78, 5) is 63.0. The first-order valence-corrected chi connectivity index (χ1v) is 12.5. The Morgan fingerprint density at radius 3 is 2.20 bits per heavy atom. The molecule has 0 bridgehead atoms. The van der Waals surface area contributed by atoms with Gasteiger partial charge in [0.2, 0.25) is 17.7 Å². The van der Waals surface area contributed by atoms with Gasteiger partial charge in [-0.05, 0) is 65.8 Å². The van der Waals surface area contributed by atoms with Crippen molar-refractivity contribution in [3.8, 4) is 0 Å². The van der Waals surface area contributed by atoms with E-state index in [1.165, 1.54) is 7.05 Å². The molecule has 1 aliphatic heterocycles. The third-order valence-corrected chi connectivity index (χ3v) is 5.71. The van der Waals surface area contributed by atoms with Gasteiger partial charge in [0.25, 0.3) is 0 Å². The number of hydrogen-bond acceptors (Lipinski definition) is 7. The van der Waals surface area contributed by atoms with Crippen LogP contribution in [0.25, 0.3) is 0 Å². The standard InChI is InChI=1S/C25H44N4O6/c1-15(2)13-17(23(33)28-16(3)22(32)26-7)14-20(30)18(10-11-21(31)35-25(4,5)6)29-24(34)19-9-8-12-27-19/h15-19,27H,8-14H2,1-7H3,(H,26,32)(H,28,33)(H,29,34)/t16-,17+,18-,19-/m1/s1. The average molecular weight is 497 g/mol. The van der Waals surface area contributed by atoms with Gasteiger partial charge in [0.1, 0.15) is 11.6 Å². The number of ether oxygens (including phenoxy) is 1. The first-order chi connectivity index (χ1) is 16.2. The van der Waals surface area contributed by atoms with Gasteiger partial charge in [0.05, 0.1) is 12.1 Å². The number of Topliss-reactive ketones (excluding diaryl/α,β-unsaturated/α-hetero) is 1. The Bertz CT molecular complexity index is 756. The van der Waals surface area contributed by atoms with E-state index in [4.69, 9.17) is 4.74 Å². The highest BCUT2D eigenvalue weighted by Crippen LogP contribution is 2.19. The molecule has 200 valence electrons. The second-order valence-electron chi connectivity index (χ2n) is 10.7. The van der Waals surface area contributed by atoms with E-state index in [0.717, 1.165) is 13.0 Å². The van der Waals surface area contributed by atoms with Crippen LogP contribution in [-0.2, 0) is 28.7 Å². The number of carbonyl (C=O) groups is 5. The number of carbonyl (C=O) groups excluding carboxylic acids is 5. The predicted molar refractivity (Wildman–Crippen MR) is 132 cm³/mol. The van der Waals surface area contributed by atoms with Crippen molar-refractivity contribution in [1.29, 1.82) is 0 Å². The van der Waals surface area contributed by atoms with Gasteiger partial charge in [-0.1, -0.05) is 13.8 Å². The average Bonchev–Trinajstić information content (AvgIpc) is 3.28. The minimum absolute atomic E-state index is 0.0409. The smallest absolute Gasteiger partial charge is 0.306 e. The molecule has 1 heterocycles. The Hall–Kier alpha value is -2.49. The van der Waals surface area contributed by atoms with E-state index < -0.39 is 35.5 Å². The molecule has 0 aromatic carbocycles. The zero-order valence-electron chi connectivity index (χ0n) is 22.3. The maximum Gasteiger partial charge on any atom is 0.306 e. The lowest BCUT2D eigenvalue weighted by Crippen LogP contribution is -2.50. The number of hydrogen-bond donors (Lipinski definition) is 4. The van der Waals surface area contributed by atoms with Gasteiger partial charge in [0, 0.05) is 25.8 Å². The molecule has 0 aromatic heterocycles. The minimum Gasteiger partial charge on any atom is -0.460 e. The highest BCUT2D eigenvalue weighted by molar-refractivity contribution is 5.95. The lowest BCUT2D eigenvalue weighted by atomic mass is 9.88. The number of rotatable bonds is 13. The normalized spacial score (nSPS) is 18.3. The molecule has 1 aliphatic rings. The van der Waals surface area contributed by atoms with Crippen molar-refractivity contribution in [2.24, 2.45) is 11.8 Å². The Kier molecular flexibility index (Phi) is 12.4. The molecule has 10 nitrogen and oxygen atoms in total. The second kappa shape index (κ2) is 14.2. The maximum atomic E-state index is 13.3. The predicted octanol–water partition coefficient (Wildman–Crippen LogP) is 1.22. The molecular formula is C25H44N4O6. The lowest BCUT2D eigenvalue weighted by molar-refractivity contribution is -0.155. The van der Waals surface area contributed by atoms with Crippen LogP contribution in [0.5, 0.6) is 0 Å². The summed E-state index contributed by atoms with van der Waals surface area (Å²) in [5, 5.41) is 11.0. The Morgan fingerprint density at radius 2 is 1.69 bits per heavy atom. The van der Waals surface area contributed by atoms with Gasteiger partial charge < -0.3 is 26.0 Å². The van der Waals surface area contributed by atoms with Crippen molar-refractivity contribution in [1.82, 2.24) is 21.3 Å². The summed E-state index contributed by atoms with van der Waals surface area (Å²) >= 11 is 0. The van der Waals surface area contributed by atoms with Gasteiger partial charge in [-0.15, -0.1) is 0 Å². The van der Waals surface area contributed by atoms with Gasteiger partial charge in [-0.3, -0.25) is 24.0 Å². The van der Waals surface area contributed by atoms with Crippen molar-refractivity contribution in [3.05, 3.63) is 0 Å². The zero-order valence-corrected chi connectivity index (χ0v) is 22.3. The molecule has 4 N–H and O–H groups in total. The van der Waals surface area contributed by atoms with E-state index in [9.17, 15) is 24.0 Å².